The van der Waals surface area contributed by atoms with E-state index in [1.165, 1.54) is 4.90 Å². The SMILES string of the molecule is CC1(C(=O)N(CC(=O)Nc2ccc3c(c2)C[C@@]2(C3)C(=O)Nc3ncccc32)[C@]2(O)CCCNC2)CCNCC1. The second kappa shape index (κ2) is 9.69. The van der Waals surface area contributed by atoms with Crippen LogP contribution in [0.4, 0.5) is 11.5 Å². The number of fused-ring (bicyclic) bond motifs is 3. The molecule has 1 aliphatic carbocycles. The number of pyridine rings is 1. The molecule has 206 valence electrons. The maximum absolute atomic E-state index is 13.8. The number of nitrogens with one attached hydrogen (secondary N) is 4. The minimum absolute atomic E-state index is 0.0483. The van der Waals surface area contributed by atoms with Crippen molar-refractivity contribution < 1.29 is 19.5 Å². The molecule has 5 N–H and O–H groups in total. The van der Waals surface area contributed by atoms with E-state index in [1.807, 2.05) is 37.3 Å². The van der Waals surface area contributed by atoms with Crippen LogP contribution >= 0.6 is 0 Å². The Hall–Kier alpha value is -3.34. The third-order valence-corrected chi connectivity index (χ3v) is 9.08. The van der Waals surface area contributed by atoms with Crippen LogP contribution < -0.4 is 21.3 Å². The van der Waals surface area contributed by atoms with Gasteiger partial charge in [-0.2, -0.15) is 0 Å². The molecule has 0 unspecified atom stereocenters. The highest BCUT2D eigenvalue weighted by Gasteiger charge is 2.51. The number of carbonyl (C=O) groups excluding carboxylic acids is 3. The quantitative estimate of drug-likeness (QED) is 0.366. The average molecular weight is 533 g/mol. The number of hydrogen-bond acceptors (Lipinski definition) is 7. The van der Waals surface area contributed by atoms with Crippen molar-refractivity contribution in [1.82, 2.24) is 20.5 Å². The maximum atomic E-state index is 13.8. The fraction of sp³-hybridized carbons (Fsp3) is 0.517. The van der Waals surface area contributed by atoms with E-state index in [2.05, 4.69) is 26.3 Å². The Morgan fingerprint density at radius 2 is 1.87 bits per heavy atom. The standard InChI is InChI=1S/C29H36N6O4/c1-27(8-12-30-13-9-27)26(38)35(29(39)7-3-10-31-18-29)17-23(36)33-21-6-5-19-15-28(16-20(19)14-21)22-4-2-11-32-24(22)34-25(28)37/h2,4-6,11,14,30-31,39H,3,7-10,12-13,15-18H2,1H3,(H,33,36)(H,32,34,37)/t28-,29+/m1/s1. The van der Waals surface area contributed by atoms with Gasteiger partial charge in [-0.3, -0.25) is 14.4 Å². The first-order valence-corrected chi connectivity index (χ1v) is 13.9. The normalized spacial score (nSPS) is 27.0. The number of piperidine rings is 2. The summed E-state index contributed by atoms with van der Waals surface area (Å²) in [6, 6.07) is 9.51. The molecule has 1 aromatic carbocycles. The fourth-order valence-corrected chi connectivity index (χ4v) is 6.72. The van der Waals surface area contributed by atoms with Gasteiger partial charge in [-0.05, 0) is 87.5 Å². The second-order valence-corrected chi connectivity index (χ2v) is 11.8. The molecule has 1 spiro atoms. The van der Waals surface area contributed by atoms with E-state index >= 15 is 0 Å². The molecule has 0 radical (unpaired) electrons. The summed E-state index contributed by atoms with van der Waals surface area (Å²) in [5, 5.41) is 23.9. The van der Waals surface area contributed by atoms with Gasteiger partial charge in [0, 0.05) is 29.4 Å². The van der Waals surface area contributed by atoms with Crippen molar-refractivity contribution in [2.45, 2.75) is 56.6 Å². The van der Waals surface area contributed by atoms with Crippen LogP contribution in [0.15, 0.2) is 36.5 Å². The van der Waals surface area contributed by atoms with Crippen LogP contribution in [0.25, 0.3) is 0 Å². The van der Waals surface area contributed by atoms with Gasteiger partial charge < -0.3 is 31.3 Å². The Morgan fingerprint density at radius 1 is 1.08 bits per heavy atom. The summed E-state index contributed by atoms with van der Waals surface area (Å²) < 4.78 is 0. The summed E-state index contributed by atoms with van der Waals surface area (Å²) in [6.07, 6.45) is 5.24. The highest BCUT2D eigenvalue weighted by molar-refractivity contribution is 6.06. The van der Waals surface area contributed by atoms with Gasteiger partial charge in [0.1, 0.15) is 12.4 Å². The zero-order valence-electron chi connectivity index (χ0n) is 22.3. The summed E-state index contributed by atoms with van der Waals surface area (Å²) in [5.41, 5.74) is 0.860. The summed E-state index contributed by atoms with van der Waals surface area (Å²) in [7, 11) is 0. The zero-order valence-corrected chi connectivity index (χ0v) is 22.3. The summed E-state index contributed by atoms with van der Waals surface area (Å²) in [4.78, 5) is 45.9. The number of benzene rings is 1. The highest BCUT2D eigenvalue weighted by atomic mass is 16.3. The van der Waals surface area contributed by atoms with E-state index in [9.17, 15) is 19.5 Å². The summed E-state index contributed by atoms with van der Waals surface area (Å²) in [6.45, 7) is 4.17. The molecule has 3 aliphatic heterocycles. The van der Waals surface area contributed by atoms with Crippen LogP contribution in [0.3, 0.4) is 0 Å². The predicted molar refractivity (Wildman–Crippen MR) is 146 cm³/mol. The third-order valence-electron chi connectivity index (χ3n) is 9.08. The van der Waals surface area contributed by atoms with Gasteiger partial charge in [-0.25, -0.2) is 4.98 Å². The second-order valence-electron chi connectivity index (χ2n) is 11.8. The van der Waals surface area contributed by atoms with E-state index in [1.54, 1.807) is 6.20 Å². The lowest BCUT2D eigenvalue weighted by atomic mass is 9.79. The molecule has 2 fully saturated rings. The van der Waals surface area contributed by atoms with E-state index in [0.717, 1.165) is 42.7 Å². The Balaban J connectivity index is 1.20. The number of carbonyl (C=O) groups is 3. The van der Waals surface area contributed by atoms with Crippen LogP contribution in [-0.2, 0) is 32.6 Å². The van der Waals surface area contributed by atoms with Crippen molar-refractivity contribution in [3.63, 3.8) is 0 Å². The smallest absolute Gasteiger partial charge is 0.244 e. The lowest BCUT2D eigenvalue weighted by molar-refractivity contribution is -0.176. The number of nitrogens with zero attached hydrogens (tertiary/aromatic N) is 2. The van der Waals surface area contributed by atoms with Crippen molar-refractivity contribution in [2.24, 2.45) is 5.41 Å². The maximum Gasteiger partial charge on any atom is 0.244 e. The van der Waals surface area contributed by atoms with Crippen molar-refractivity contribution >= 4 is 29.2 Å². The largest absolute Gasteiger partial charge is 0.369 e. The van der Waals surface area contributed by atoms with E-state index in [0.29, 0.717) is 43.6 Å². The lowest BCUT2D eigenvalue weighted by Crippen LogP contribution is -2.64. The molecule has 39 heavy (non-hydrogen) atoms. The molecular weight excluding hydrogens is 496 g/mol. The van der Waals surface area contributed by atoms with Gasteiger partial charge in [-0.1, -0.05) is 19.1 Å². The Morgan fingerprint density at radius 3 is 2.64 bits per heavy atom. The van der Waals surface area contributed by atoms with Gasteiger partial charge in [0.2, 0.25) is 17.7 Å². The first-order valence-electron chi connectivity index (χ1n) is 13.9. The number of aliphatic hydroxyl groups is 1. The number of β-amino-alcohol motifs (C(OH)–C–C–N with tert-alkyl or cyclic N) is 1. The zero-order chi connectivity index (χ0) is 27.3. The topological polar surface area (TPSA) is 136 Å². The van der Waals surface area contributed by atoms with Gasteiger partial charge in [-0.15, -0.1) is 0 Å². The van der Waals surface area contributed by atoms with Gasteiger partial charge in [0.05, 0.1) is 5.41 Å². The minimum atomic E-state index is -1.41. The van der Waals surface area contributed by atoms with Crippen LogP contribution in [0.1, 0.15) is 49.3 Å². The fourth-order valence-electron chi connectivity index (χ4n) is 6.72. The monoisotopic (exact) mass is 532 g/mol. The minimum Gasteiger partial charge on any atom is -0.369 e. The molecule has 2 aromatic rings. The molecule has 0 saturated carbocycles. The molecule has 6 rings (SSSR count). The van der Waals surface area contributed by atoms with E-state index in [4.69, 9.17) is 0 Å². The molecule has 0 bridgehead atoms. The Bertz CT molecular complexity index is 1320. The van der Waals surface area contributed by atoms with Crippen LogP contribution in [-0.4, -0.2) is 71.2 Å². The van der Waals surface area contributed by atoms with Gasteiger partial charge in [0.25, 0.3) is 0 Å². The molecule has 2 atom stereocenters. The van der Waals surface area contributed by atoms with Crippen molar-refractivity contribution in [3.05, 3.63) is 53.2 Å². The molecule has 4 heterocycles. The number of rotatable bonds is 5. The van der Waals surface area contributed by atoms with Gasteiger partial charge in [0.15, 0.2) is 5.72 Å². The highest BCUT2D eigenvalue weighted by Crippen LogP contribution is 2.47. The predicted octanol–water partition coefficient (Wildman–Crippen LogP) is 1.30. The lowest BCUT2D eigenvalue weighted by Gasteiger charge is -2.46. The van der Waals surface area contributed by atoms with E-state index in [-0.39, 0.29) is 30.8 Å². The molecule has 1 aromatic heterocycles. The molecule has 10 nitrogen and oxygen atoms in total. The third kappa shape index (κ3) is 4.50. The van der Waals surface area contributed by atoms with Crippen molar-refractivity contribution in [2.75, 3.05) is 43.4 Å². The molecule has 2 saturated heterocycles. The van der Waals surface area contributed by atoms with Gasteiger partial charge >= 0.3 is 0 Å². The van der Waals surface area contributed by atoms with E-state index < -0.39 is 16.6 Å². The molecule has 3 amide bonds. The van der Waals surface area contributed by atoms with Crippen molar-refractivity contribution in [3.8, 4) is 0 Å². The number of hydrogen-bond donors (Lipinski definition) is 5. The van der Waals surface area contributed by atoms with Crippen molar-refractivity contribution in [1.29, 1.82) is 0 Å². The average Bonchev–Trinajstić information content (AvgIpc) is 3.44. The number of amides is 3. The molecule has 10 heteroatoms. The first-order chi connectivity index (χ1) is 18.7. The molecule has 4 aliphatic rings. The summed E-state index contributed by atoms with van der Waals surface area (Å²) >= 11 is 0. The van der Waals surface area contributed by atoms with Crippen LogP contribution in [0.5, 0.6) is 0 Å². The summed E-state index contributed by atoms with van der Waals surface area (Å²) in [5.74, 6) is 0.0283. The first kappa shape index (κ1) is 25.9. The Kier molecular flexibility index (Phi) is 6.44. The number of aromatic nitrogens is 1. The van der Waals surface area contributed by atoms with Crippen LogP contribution in [0.2, 0.25) is 0 Å². The number of anilines is 2. The van der Waals surface area contributed by atoms with Crippen LogP contribution in [0, 0.1) is 5.41 Å². The Labute approximate surface area is 227 Å². The molecular formula is C29H36N6O4.